The van der Waals surface area contributed by atoms with Crippen LogP contribution in [0.25, 0.3) is 0 Å². The lowest BCUT2D eigenvalue weighted by atomic mass is 10.1. The van der Waals surface area contributed by atoms with Crippen molar-refractivity contribution in [2.45, 2.75) is 19.9 Å². The van der Waals surface area contributed by atoms with E-state index in [4.69, 9.17) is 23.2 Å². The predicted molar refractivity (Wildman–Crippen MR) is 69.9 cm³/mol. The van der Waals surface area contributed by atoms with Crippen LogP contribution in [0, 0.1) is 5.92 Å². The second-order valence-electron chi connectivity index (χ2n) is 3.55. The lowest BCUT2D eigenvalue weighted by molar-refractivity contribution is 0.564. The second kappa shape index (κ2) is 5.92. The van der Waals surface area contributed by atoms with E-state index in [0.717, 1.165) is 4.47 Å². The molecule has 1 rings (SSSR count). The third kappa shape index (κ3) is 3.82. The maximum absolute atomic E-state index is 6.03. The van der Waals surface area contributed by atoms with Crippen molar-refractivity contribution in [3.05, 3.63) is 21.8 Å². The lowest BCUT2D eigenvalue weighted by Gasteiger charge is -2.20. The van der Waals surface area contributed by atoms with Gasteiger partial charge in [0.2, 0.25) is 0 Å². The first kappa shape index (κ1) is 13.1. The Kier molecular flexibility index (Phi) is 5.16. The SMILES string of the molecule is CC(CCl)C(C)Nc1ncc(Br)cc1Cl. The van der Waals surface area contributed by atoms with Crippen LogP contribution in [0.1, 0.15) is 13.8 Å². The van der Waals surface area contributed by atoms with Crippen LogP contribution in [-0.2, 0) is 0 Å². The molecule has 0 aliphatic carbocycles. The van der Waals surface area contributed by atoms with E-state index in [1.807, 2.05) is 6.07 Å². The molecule has 0 saturated carbocycles. The summed E-state index contributed by atoms with van der Waals surface area (Å²) >= 11 is 15.1. The second-order valence-corrected chi connectivity index (χ2v) is 5.18. The van der Waals surface area contributed by atoms with E-state index in [1.54, 1.807) is 6.20 Å². The Bertz CT molecular complexity index is 333. The molecule has 0 amide bonds. The molecule has 15 heavy (non-hydrogen) atoms. The number of alkyl halides is 1. The van der Waals surface area contributed by atoms with Gasteiger partial charge in [0, 0.05) is 22.6 Å². The fraction of sp³-hybridized carbons (Fsp3) is 0.500. The van der Waals surface area contributed by atoms with Crippen molar-refractivity contribution >= 4 is 44.9 Å². The standard InChI is InChI=1S/C10H13BrCl2N2/c1-6(4-12)7(2)15-10-9(13)3-8(11)5-14-10/h3,5-7H,4H2,1-2H3,(H,14,15). The van der Waals surface area contributed by atoms with Crippen molar-refractivity contribution < 1.29 is 0 Å². The van der Waals surface area contributed by atoms with Gasteiger partial charge < -0.3 is 5.32 Å². The van der Waals surface area contributed by atoms with Crippen molar-refractivity contribution in [3.63, 3.8) is 0 Å². The van der Waals surface area contributed by atoms with Crippen LogP contribution in [-0.4, -0.2) is 16.9 Å². The first-order chi connectivity index (χ1) is 7.04. The molecule has 0 spiro atoms. The van der Waals surface area contributed by atoms with Crippen LogP contribution < -0.4 is 5.32 Å². The predicted octanol–water partition coefficient (Wildman–Crippen LogP) is 4.17. The molecule has 0 fully saturated rings. The molecule has 84 valence electrons. The molecule has 0 aromatic carbocycles. The smallest absolute Gasteiger partial charge is 0.145 e. The highest BCUT2D eigenvalue weighted by Gasteiger charge is 2.12. The monoisotopic (exact) mass is 310 g/mol. The Morgan fingerprint density at radius 2 is 2.20 bits per heavy atom. The van der Waals surface area contributed by atoms with Gasteiger partial charge in [-0.1, -0.05) is 18.5 Å². The zero-order valence-corrected chi connectivity index (χ0v) is 11.7. The highest BCUT2D eigenvalue weighted by molar-refractivity contribution is 9.10. The maximum atomic E-state index is 6.03. The van der Waals surface area contributed by atoms with Crippen molar-refractivity contribution in [2.75, 3.05) is 11.2 Å². The summed E-state index contributed by atoms with van der Waals surface area (Å²) in [5, 5.41) is 3.85. The Hall–Kier alpha value is 0.01000. The summed E-state index contributed by atoms with van der Waals surface area (Å²) in [6, 6.07) is 2.06. The van der Waals surface area contributed by atoms with Crippen LogP contribution in [0.2, 0.25) is 5.02 Å². The molecule has 0 radical (unpaired) electrons. The van der Waals surface area contributed by atoms with Crippen LogP contribution in [0.3, 0.4) is 0 Å². The Morgan fingerprint density at radius 3 is 2.73 bits per heavy atom. The average molecular weight is 312 g/mol. The van der Waals surface area contributed by atoms with E-state index < -0.39 is 0 Å². The minimum absolute atomic E-state index is 0.244. The number of hydrogen-bond acceptors (Lipinski definition) is 2. The van der Waals surface area contributed by atoms with Gasteiger partial charge in [-0.3, -0.25) is 0 Å². The Balaban J connectivity index is 2.72. The summed E-state index contributed by atoms with van der Waals surface area (Å²) < 4.78 is 0.871. The average Bonchev–Trinajstić information content (AvgIpc) is 2.20. The number of rotatable bonds is 4. The molecule has 0 aliphatic rings. The molecule has 1 aromatic rings. The van der Waals surface area contributed by atoms with E-state index in [0.29, 0.717) is 22.6 Å². The number of anilines is 1. The molecule has 0 aliphatic heterocycles. The van der Waals surface area contributed by atoms with Gasteiger partial charge in [-0.2, -0.15) is 0 Å². The molecular weight excluding hydrogens is 299 g/mol. The fourth-order valence-corrected chi connectivity index (χ4v) is 1.96. The molecule has 1 N–H and O–H groups in total. The Labute approximate surface area is 108 Å². The summed E-state index contributed by atoms with van der Waals surface area (Å²) in [5.41, 5.74) is 0. The number of hydrogen-bond donors (Lipinski definition) is 1. The summed E-state index contributed by atoms with van der Waals surface area (Å²) in [7, 11) is 0. The van der Waals surface area contributed by atoms with Gasteiger partial charge in [0.15, 0.2) is 0 Å². The van der Waals surface area contributed by atoms with Crippen molar-refractivity contribution in [1.29, 1.82) is 0 Å². The number of aromatic nitrogens is 1. The largest absolute Gasteiger partial charge is 0.366 e. The molecule has 5 heteroatoms. The quantitative estimate of drug-likeness (QED) is 0.844. The van der Waals surface area contributed by atoms with Crippen molar-refractivity contribution in [3.8, 4) is 0 Å². The van der Waals surface area contributed by atoms with Crippen LogP contribution in [0.15, 0.2) is 16.7 Å². The zero-order chi connectivity index (χ0) is 11.4. The summed E-state index contributed by atoms with van der Waals surface area (Å²) in [4.78, 5) is 4.20. The maximum Gasteiger partial charge on any atom is 0.145 e. The van der Waals surface area contributed by atoms with Gasteiger partial charge >= 0.3 is 0 Å². The van der Waals surface area contributed by atoms with Gasteiger partial charge in [-0.05, 0) is 34.8 Å². The molecule has 2 unspecified atom stereocenters. The highest BCUT2D eigenvalue weighted by Crippen LogP contribution is 2.24. The summed E-state index contributed by atoms with van der Waals surface area (Å²) in [6.45, 7) is 4.14. The number of halogens is 3. The first-order valence-electron chi connectivity index (χ1n) is 4.68. The third-order valence-electron chi connectivity index (χ3n) is 2.27. The van der Waals surface area contributed by atoms with E-state index in [2.05, 4.69) is 40.1 Å². The molecule has 1 aromatic heterocycles. The Morgan fingerprint density at radius 1 is 1.53 bits per heavy atom. The molecule has 2 nitrogen and oxygen atoms in total. The van der Waals surface area contributed by atoms with Gasteiger partial charge in [-0.15, -0.1) is 11.6 Å². The summed E-state index contributed by atoms with van der Waals surface area (Å²) in [6.07, 6.45) is 1.71. The normalized spacial score (nSPS) is 14.7. The van der Waals surface area contributed by atoms with Gasteiger partial charge in [-0.25, -0.2) is 4.98 Å². The minimum Gasteiger partial charge on any atom is -0.366 e. The molecule has 0 bridgehead atoms. The molecule has 0 saturated heterocycles. The van der Waals surface area contributed by atoms with Crippen molar-refractivity contribution in [2.24, 2.45) is 5.92 Å². The van der Waals surface area contributed by atoms with Gasteiger partial charge in [0.25, 0.3) is 0 Å². The van der Waals surface area contributed by atoms with Crippen LogP contribution in [0.5, 0.6) is 0 Å². The highest BCUT2D eigenvalue weighted by atomic mass is 79.9. The molecule has 1 heterocycles. The van der Waals surface area contributed by atoms with Crippen molar-refractivity contribution in [1.82, 2.24) is 4.98 Å². The molecule has 2 atom stereocenters. The van der Waals surface area contributed by atoms with E-state index >= 15 is 0 Å². The fourth-order valence-electron chi connectivity index (χ4n) is 1.01. The number of pyridine rings is 1. The number of nitrogens with zero attached hydrogens (tertiary/aromatic N) is 1. The minimum atomic E-state index is 0.244. The first-order valence-corrected chi connectivity index (χ1v) is 6.38. The van der Waals surface area contributed by atoms with Gasteiger partial charge in [0.05, 0.1) is 5.02 Å². The molecular formula is C10H13BrCl2N2. The van der Waals surface area contributed by atoms with Crippen LogP contribution in [0.4, 0.5) is 5.82 Å². The van der Waals surface area contributed by atoms with E-state index in [9.17, 15) is 0 Å². The van der Waals surface area contributed by atoms with E-state index in [1.165, 1.54) is 0 Å². The number of nitrogens with one attached hydrogen (secondary N) is 1. The van der Waals surface area contributed by atoms with Gasteiger partial charge in [0.1, 0.15) is 5.82 Å². The topological polar surface area (TPSA) is 24.9 Å². The summed E-state index contributed by atoms with van der Waals surface area (Å²) in [5.74, 6) is 1.68. The van der Waals surface area contributed by atoms with E-state index in [-0.39, 0.29) is 6.04 Å². The lowest BCUT2D eigenvalue weighted by Crippen LogP contribution is -2.25. The van der Waals surface area contributed by atoms with Crippen LogP contribution >= 0.6 is 39.1 Å². The third-order valence-corrected chi connectivity index (χ3v) is 3.48. The zero-order valence-electron chi connectivity index (χ0n) is 8.60.